The Morgan fingerprint density at radius 3 is 2.67 bits per heavy atom. The van der Waals surface area contributed by atoms with Gasteiger partial charge in [-0.15, -0.1) is 0 Å². The highest BCUT2D eigenvalue weighted by molar-refractivity contribution is 5.46. The third-order valence-corrected chi connectivity index (χ3v) is 4.86. The lowest BCUT2D eigenvalue weighted by Gasteiger charge is -2.39. The highest BCUT2D eigenvalue weighted by Gasteiger charge is 2.35. The van der Waals surface area contributed by atoms with E-state index >= 15 is 0 Å². The second-order valence-corrected chi connectivity index (χ2v) is 6.56. The molecule has 1 N–H and O–H groups in total. The summed E-state index contributed by atoms with van der Waals surface area (Å²) in [5.74, 6) is 0.769. The maximum atomic E-state index is 9.15. The number of nitrogens with zero attached hydrogens (tertiary/aromatic N) is 2. The van der Waals surface area contributed by atoms with Gasteiger partial charge in [0.25, 0.3) is 0 Å². The summed E-state index contributed by atoms with van der Waals surface area (Å²) in [7, 11) is 0. The van der Waals surface area contributed by atoms with Crippen LogP contribution in [0.3, 0.4) is 0 Å². The van der Waals surface area contributed by atoms with Crippen LogP contribution in [0.25, 0.3) is 0 Å². The molecule has 3 rings (SSSR count). The predicted octanol–water partition coefficient (Wildman–Crippen LogP) is 3.73. The monoisotopic (exact) mass is 321 g/mol. The minimum absolute atomic E-state index is 0.0435. The van der Waals surface area contributed by atoms with Gasteiger partial charge >= 0.3 is 0 Å². The highest BCUT2D eigenvalue weighted by Crippen LogP contribution is 2.36. The first-order valence-corrected chi connectivity index (χ1v) is 8.39. The van der Waals surface area contributed by atoms with Gasteiger partial charge in [-0.25, -0.2) is 4.98 Å². The Hall–Kier alpha value is -2.38. The van der Waals surface area contributed by atoms with E-state index in [1.165, 1.54) is 11.1 Å². The van der Waals surface area contributed by atoms with E-state index in [0.29, 0.717) is 5.56 Å². The average molecular weight is 321 g/mol. The van der Waals surface area contributed by atoms with Gasteiger partial charge in [0.1, 0.15) is 5.82 Å². The van der Waals surface area contributed by atoms with E-state index in [1.807, 2.05) is 13.0 Å². The van der Waals surface area contributed by atoms with Crippen LogP contribution in [0.2, 0.25) is 0 Å². The second-order valence-electron chi connectivity index (χ2n) is 6.56. The third kappa shape index (κ3) is 3.42. The molecule has 1 saturated heterocycles. The van der Waals surface area contributed by atoms with Crippen LogP contribution in [0, 0.1) is 25.2 Å². The maximum absolute atomic E-state index is 9.15. The van der Waals surface area contributed by atoms with Crippen LogP contribution >= 0.6 is 0 Å². The quantitative estimate of drug-likeness (QED) is 0.932. The van der Waals surface area contributed by atoms with Gasteiger partial charge in [-0.2, -0.15) is 5.26 Å². The number of hydrogen-bond donors (Lipinski definition) is 1. The van der Waals surface area contributed by atoms with Crippen molar-refractivity contribution in [1.82, 2.24) is 4.98 Å². The van der Waals surface area contributed by atoms with Gasteiger partial charge in [-0.3, -0.25) is 0 Å². The molecule has 1 aliphatic rings. The second kappa shape index (κ2) is 7.02. The van der Waals surface area contributed by atoms with Crippen molar-refractivity contribution in [3.8, 4) is 6.07 Å². The van der Waals surface area contributed by atoms with E-state index in [2.05, 4.69) is 47.6 Å². The maximum Gasteiger partial charge on any atom is 0.127 e. The van der Waals surface area contributed by atoms with Crippen LogP contribution in [0.5, 0.6) is 0 Å². The molecule has 4 heteroatoms. The van der Waals surface area contributed by atoms with Gasteiger partial charge in [0, 0.05) is 30.9 Å². The number of rotatable bonds is 4. The van der Waals surface area contributed by atoms with E-state index in [-0.39, 0.29) is 5.41 Å². The van der Waals surface area contributed by atoms with E-state index in [4.69, 9.17) is 10.00 Å². The first kappa shape index (κ1) is 16.5. The molecular weight excluding hydrogens is 298 g/mol. The Labute approximate surface area is 143 Å². The summed E-state index contributed by atoms with van der Waals surface area (Å²) in [4.78, 5) is 4.52. The van der Waals surface area contributed by atoms with Gasteiger partial charge in [-0.05, 0) is 49.9 Å². The average Bonchev–Trinajstić information content (AvgIpc) is 2.61. The zero-order chi connectivity index (χ0) is 17.0. The number of nitrogens with one attached hydrogen (secondary N) is 1. The number of aromatic nitrogens is 1. The number of benzene rings is 1. The van der Waals surface area contributed by atoms with Crippen molar-refractivity contribution in [3.63, 3.8) is 0 Å². The largest absolute Gasteiger partial charge is 0.381 e. The van der Waals surface area contributed by atoms with Gasteiger partial charge in [0.05, 0.1) is 11.6 Å². The van der Waals surface area contributed by atoms with Crippen LogP contribution in [0.4, 0.5) is 5.82 Å². The first-order chi connectivity index (χ1) is 11.6. The smallest absolute Gasteiger partial charge is 0.127 e. The first-order valence-electron chi connectivity index (χ1n) is 8.39. The molecule has 2 aromatic rings. The van der Waals surface area contributed by atoms with Crippen molar-refractivity contribution in [2.75, 3.05) is 25.1 Å². The van der Waals surface area contributed by atoms with Gasteiger partial charge in [-0.1, -0.05) is 24.3 Å². The van der Waals surface area contributed by atoms with Crippen LogP contribution in [0.15, 0.2) is 36.4 Å². The number of hydrogen-bond acceptors (Lipinski definition) is 4. The number of nitriles is 1. The van der Waals surface area contributed by atoms with Crippen molar-refractivity contribution >= 4 is 5.82 Å². The Bertz CT molecular complexity index is 758. The molecular formula is C20H23N3O. The lowest BCUT2D eigenvalue weighted by molar-refractivity contribution is 0.0541. The molecule has 0 amide bonds. The molecule has 1 aromatic carbocycles. The summed E-state index contributed by atoms with van der Waals surface area (Å²) in [6.07, 6.45) is 1.98. The summed E-state index contributed by atoms with van der Waals surface area (Å²) in [5, 5.41) is 12.6. The SMILES string of the molecule is Cc1cc(C#N)cc(NCC2(c3ccccc3C)CCOCC2)n1. The van der Waals surface area contributed by atoms with E-state index in [0.717, 1.165) is 44.1 Å². The fourth-order valence-corrected chi connectivity index (χ4v) is 3.55. The Kier molecular flexibility index (Phi) is 4.82. The topological polar surface area (TPSA) is 57.9 Å². The molecule has 1 aromatic heterocycles. The predicted molar refractivity (Wildman–Crippen MR) is 95.1 cm³/mol. The standard InChI is InChI=1S/C20H23N3O/c1-15-5-3-4-6-18(15)20(7-9-24-10-8-20)14-22-19-12-17(13-21)11-16(2)23-19/h3-6,11-12H,7-10,14H2,1-2H3,(H,22,23). The minimum atomic E-state index is 0.0435. The molecule has 0 atom stereocenters. The van der Waals surface area contributed by atoms with Gasteiger partial charge < -0.3 is 10.1 Å². The number of aryl methyl sites for hydroxylation is 2. The summed E-state index contributed by atoms with van der Waals surface area (Å²) < 4.78 is 5.61. The third-order valence-electron chi connectivity index (χ3n) is 4.86. The van der Waals surface area contributed by atoms with E-state index in [1.54, 1.807) is 6.07 Å². The highest BCUT2D eigenvalue weighted by atomic mass is 16.5. The minimum Gasteiger partial charge on any atom is -0.381 e. The normalized spacial score (nSPS) is 16.4. The molecule has 0 saturated carbocycles. The van der Waals surface area contributed by atoms with Crippen LogP contribution < -0.4 is 5.32 Å². The molecule has 0 spiro atoms. The Morgan fingerprint density at radius 1 is 1.21 bits per heavy atom. The lowest BCUT2D eigenvalue weighted by atomic mass is 9.72. The summed E-state index contributed by atoms with van der Waals surface area (Å²) in [6.45, 7) is 6.44. The summed E-state index contributed by atoms with van der Waals surface area (Å²) in [6, 6.07) is 14.4. The zero-order valence-electron chi connectivity index (χ0n) is 14.3. The number of pyridine rings is 1. The fraction of sp³-hybridized carbons (Fsp3) is 0.400. The van der Waals surface area contributed by atoms with Crippen molar-refractivity contribution in [2.24, 2.45) is 0 Å². The summed E-state index contributed by atoms with van der Waals surface area (Å²) >= 11 is 0. The van der Waals surface area contributed by atoms with Crippen molar-refractivity contribution in [1.29, 1.82) is 5.26 Å². The fourth-order valence-electron chi connectivity index (χ4n) is 3.55. The molecule has 0 bridgehead atoms. The molecule has 1 aliphatic heterocycles. The van der Waals surface area contributed by atoms with Crippen LogP contribution in [-0.4, -0.2) is 24.7 Å². The molecule has 0 unspecified atom stereocenters. The molecule has 124 valence electrons. The summed E-state index contributed by atoms with van der Waals surface area (Å²) in [5.41, 5.74) is 4.24. The van der Waals surface area contributed by atoms with Crippen LogP contribution in [-0.2, 0) is 10.2 Å². The van der Waals surface area contributed by atoms with E-state index < -0.39 is 0 Å². The lowest BCUT2D eigenvalue weighted by Crippen LogP contribution is -2.40. The van der Waals surface area contributed by atoms with Crippen LogP contribution in [0.1, 0.15) is 35.2 Å². The molecule has 0 aliphatic carbocycles. The zero-order valence-corrected chi connectivity index (χ0v) is 14.3. The van der Waals surface area contributed by atoms with Crippen molar-refractivity contribution in [2.45, 2.75) is 32.1 Å². The van der Waals surface area contributed by atoms with Crippen molar-refractivity contribution < 1.29 is 4.74 Å². The Morgan fingerprint density at radius 2 is 1.96 bits per heavy atom. The molecule has 4 nitrogen and oxygen atoms in total. The van der Waals surface area contributed by atoms with Gasteiger partial charge in [0.2, 0.25) is 0 Å². The van der Waals surface area contributed by atoms with Crippen molar-refractivity contribution in [3.05, 3.63) is 58.8 Å². The van der Waals surface area contributed by atoms with E-state index in [9.17, 15) is 0 Å². The number of anilines is 1. The van der Waals surface area contributed by atoms with Gasteiger partial charge in [0.15, 0.2) is 0 Å². The molecule has 0 radical (unpaired) electrons. The number of ether oxygens (including phenoxy) is 1. The Balaban J connectivity index is 1.87. The molecule has 2 heterocycles. The molecule has 1 fully saturated rings. The molecule has 24 heavy (non-hydrogen) atoms.